The van der Waals surface area contributed by atoms with Gasteiger partial charge in [-0.15, -0.1) is 0 Å². The molecule has 0 fully saturated rings. The van der Waals surface area contributed by atoms with Gasteiger partial charge in [0, 0.05) is 0 Å². The maximum atomic E-state index is 14.1. The second-order valence-electron chi connectivity index (χ2n) is 20.1. The standard InChI is InChI=1S/C48H92N12O10/c1-27(2)23-36(59-42(63)33(52)17-11-14-20-49)44(65)53-31(9)40(61)57-38(25-29(5)6)46(67)55-34(18-12-15-21-50)43(64)60-37(24-28(3)4)45(66)54-32(10)41(62)58-39(26-30(7)8)47(68)56-35(48(69)70)19-13-16-22-51/h27-39H,11-26,49-52H2,1-10H3,(H,53,65)(H,54,66)(H,55,67)(H,56,68)(H,57,61)(H,58,62)(H,59,63)(H,60,64)(H,69,70)/t31-,32-,33-,34-,35-,36-,37-,38-,39-/m0/s1. The normalized spacial score (nSPS) is 15.3. The highest BCUT2D eigenvalue weighted by atomic mass is 16.4. The molecule has 0 spiro atoms. The van der Waals surface area contributed by atoms with Crippen LogP contribution in [0.25, 0.3) is 0 Å². The molecular weight excluding hydrogens is 905 g/mol. The molecule has 0 aromatic rings. The number of nitrogens with two attached hydrogens (primary N) is 4. The number of rotatable bonds is 37. The van der Waals surface area contributed by atoms with Crippen LogP contribution in [0.15, 0.2) is 0 Å². The number of unbranched alkanes of at least 4 members (excludes halogenated alkanes) is 3. The Kier molecular flexibility index (Phi) is 32.7. The molecule has 17 N–H and O–H groups in total. The quantitative estimate of drug-likeness (QED) is 0.0362. The number of hydrogen-bond acceptors (Lipinski definition) is 13. The number of carbonyl (C=O) groups excluding carboxylic acids is 8. The third-order valence-corrected chi connectivity index (χ3v) is 11.3. The first kappa shape index (κ1) is 65.1. The smallest absolute Gasteiger partial charge is 0.326 e. The Labute approximate surface area is 416 Å². The van der Waals surface area contributed by atoms with Crippen molar-refractivity contribution in [2.45, 2.75) is 207 Å². The van der Waals surface area contributed by atoms with E-state index >= 15 is 0 Å². The molecule has 22 heteroatoms. The van der Waals surface area contributed by atoms with Crippen LogP contribution >= 0.6 is 0 Å². The fourth-order valence-electron chi connectivity index (χ4n) is 7.41. The largest absolute Gasteiger partial charge is 0.480 e. The van der Waals surface area contributed by atoms with Crippen molar-refractivity contribution in [1.82, 2.24) is 42.5 Å². The highest BCUT2D eigenvalue weighted by Gasteiger charge is 2.34. The summed E-state index contributed by atoms with van der Waals surface area (Å²) in [5, 5.41) is 31.0. The molecule has 0 saturated carbocycles. The number of carboxylic acid groups (broad SMARTS) is 1. The van der Waals surface area contributed by atoms with Gasteiger partial charge in [0.2, 0.25) is 47.3 Å². The van der Waals surface area contributed by atoms with Crippen LogP contribution < -0.4 is 65.5 Å². The van der Waals surface area contributed by atoms with Gasteiger partial charge >= 0.3 is 5.97 Å². The van der Waals surface area contributed by atoms with E-state index in [0.29, 0.717) is 64.6 Å². The lowest BCUT2D eigenvalue weighted by Gasteiger charge is -2.28. The van der Waals surface area contributed by atoms with Crippen LogP contribution in [-0.4, -0.2) is 132 Å². The molecule has 22 nitrogen and oxygen atoms in total. The Hall–Kier alpha value is -4.93. The Morgan fingerprint density at radius 1 is 0.343 bits per heavy atom. The minimum atomic E-state index is -1.22. The van der Waals surface area contributed by atoms with Gasteiger partial charge in [0.15, 0.2) is 0 Å². The van der Waals surface area contributed by atoms with Gasteiger partial charge < -0.3 is 70.6 Å². The van der Waals surface area contributed by atoms with E-state index in [1.54, 1.807) is 0 Å². The fraction of sp³-hybridized carbons (Fsp3) is 0.812. The number of aliphatic carboxylic acids is 1. The van der Waals surface area contributed by atoms with Crippen LogP contribution in [0.5, 0.6) is 0 Å². The van der Waals surface area contributed by atoms with Gasteiger partial charge in [-0.25, -0.2) is 4.79 Å². The summed E-state index contributed by atoms with van der Waals surface area (Å²) in [7, 11) is 0. The maximum absolute atomic E-state index is 14.1. The predicted molar refractivity (Wildman–Crippen MR) is 269 cm³/mol. The first-order valence-corrected chi connectivity index (χ1v) is 25.3. The number of amides is 8. The van der Waals surface area contributed by atoms with Gasteiger partial charge in [0.1, 0.15) is 48.3 Å². The van der Waals surface area contributed by atoms with Crippen molar-refractivity contribution in [3.05, 3.63) is 0 Å². The second-order valence-corrected chi connectivity index (χ2v) is 20.1. The van der Waals surface area contributed by atoms with E-state index in [9.17, 15) is 48.3 Å². The molecule has 8 amide bonds. The van der Waals surface area contributed by atoms with E-state index in [4.69, 9.17) is 22.9 Å². The second kappa shape index (κ2) is 35.2. The topological polar surface area (TPSA) is 374 Å². The van der Waals surface area contributed by atoms with Crippen LogP contribution in [0.3, 0.4) is 0 Å². The Balaban J connectivity index is 6.21. The first-order valence-electron chi connectivity index (χ1n) is 25.3. The van der Waals surface area contributed by atoms with Crippen LogP contribution in [0.1, 0.15) is 153 Å². The van der Waals surface area contributed by atoms with Gasteiger partial charge in [0.25, 0.3) is 0 Å². The lowest BCUT2D eigenvalue weighted by Crippen LogP contribution is -2.60. The van der Waals surface area contributed by atoms with E-state index in [2.05, 4.69) is 42.5 Å². The minimum absolute atomic E-state index is 0.00134. The molecule has 0 heterocycles. The van der Waals surface area contributed by atoms with Crippen molar-refractivity contribution >= 4 is 53.2 Å². The number of carboxylic acids is 1. The van der Waals surface area contributed by atoms with Gasteiger partial charge in [-0.3, -0.25) is 38.4 Å². The molecule has 0 bridgehead atoms. The Morgan fingerprint density at radius 3 is 0.929 bits per heavy atom. The van der Waals surface area contributed by atoms with Crippen molar-refractivity contribution < 1.29 is 48.3 Å². The molecule has 0 aliphatic rings. The molecule has 404 valence electrons. The molecule has 9 atom stereocenters. The third-order valence-electron chi connectivity index (χ3n) is 11.3. The zero-order valence-corrected chi connectivity index (χ0v) is 43.8. The van der Waals surface area contributed by atoms with Crippen LogP contribution in [-0.2, 0) is 43.2 Å². The number of nitrogens with one attached hydrogen (secondary N) is 8. The number of carbonyl (C=O) groups is 9. The van der Waals surface area contributed by atoms with Crippen molar-refractivity contribution in [2.24, 2.45) is 46.6 Å². The van der Waals surface area contributed by atoms with Gasteiger partial charge in [-0.2, -0.15) is 0 Å². The van der Waals surface area contributed by atoms with Crippen molar-refractivity contribution in [1.29, 1.82) is 0 Å². The average Bonchev–Trinajstić information content (AvgIpc) is 3.26. The molecular formula is C48H92N12O10. The predicted octanol–water partition coefficient (Wildman–Crippen LogP) is -0.112. The number of hydrogen-bond donors (Lipinski definition) is 13. The summed E-state index contributed by atoms with van der Waals surface area (Å²) in [6.45, 7) is 18.8. The zero-order valence-electron chi connectivity index (χ0n) is 43.8. The lowest BCUT2D eigenvalue weighted by atomic mass is 10.00. The summed E-state index contributed by atoms with van der Waals surface area (Å²) in [5.41, 5.74) is 22.9. The van der Waals surface area contributed by atoms with E-state index in [0.717, 1.165) is 0 Å². The van der Waals surface area contributed by atoms with Gasteiger partial charge in [0.05, 0.1) is 6.04 Å². The third kappa shape index (κ3) is 27.5. The summed E-state index contributed by atoms with van der Waals surface area (Å²) < 4.78 is 0. The lowest BCUT2D eigenvalue weighted by molar-refractivity contribution is -0.142. The summed E-state index contributed by atoms with van der Waals surface area (Å²) in [4.78, 5) is 120. The summed E-state index contributed by atoms with van der Waals surface area (Å²) in [6, 6.07) is -9.93. The monoisotopic (exact) mass is 997 g/mol. The summed E-state index contributed by atoms with van der Waals surface area (Å²) in [5.74, 6) is -6.77. The van der Waals surface area contributed by atoms with E-state index in [-0.39, 0.29) is 62.2 Å². The zero-order chi connectivity index (χ0) is 53.7. The average molecular weight is 997 g/mol. The molecule has 0 saturated heterocycles. The van der Waals surface area contributed by atoms with Crippen LogP contribution in [0.4, 0.5) is 0 Å². The van der Waals surface area contributed by atoms with Crippen LogP contribution in [0, 0.1) is 23.7 Å². The highest BCUT2D eigenvalue weighted by Crippen LogP contribution is 2.13. The maximum Gasteiger partial charge on any atom is 0.326 e. The molecule has 0 aromatic carbocycles. The van der Waals surface area contributed by atoms with E-state index in [1.165, 1.54) is 13.8 Å². The summed E-state index contributed by atoms with van der Waals surface area (Å²) >= 11 is 0. The molecule has 0 aromatic heterocycles. The molecule has 0 radical (unpaired) electrons. The van der Waals surface area contributed by atoms with Gasteiger partial charge in [-0.1, -0.05) is 61.8 Å². The molecule has 0 aliphatic carbocycles. The van der Waals surface area contributed by atoms with E-state index < -0.39 is 108 Å². The van der Waals surface area contributed by atoms with Crippen molar-refractivity contribution in [3.8, 4) is 0 Å². The Bertz CT molecular complexity index is 1650. The minimum Gasteiger partial charge on any atom is -0.480 e. The van der Waals surface area contributed by atoms with Crippen molar-refractivity contribution in [2.75, 3.05) is 19.6 Å². The SMILES string of the molecule is CC(C)C[C@H](NC(=O)[C@H](C)NC(=O)[C@H](CC(C)C)NC(=O)[C@H](CCCCN)NC(=O)[C@H](CC(C)C)NC(=O)[C@H](C)NC(=O)[C@H](CC(C)C)NC(=O)[C@@H](N)CCCCN)C(=O)N[C@@H](CCCCN)C(=O)O. The van der Waals surface area contributed by atoms with Crippen molar-refractivity contribution in [3.63, 3.8) is 0 Å². The molecule has 70 heavy (non-hydrogen) atoms. The summed E-state index contributed by atoms with van der Waals surface area (Å²) in [6.07, 6.45) is 4.78. The fourth-order valence-corrected chi connectivity index (χ4v) is 7.41. The molecule has 0 unspecified atom stereocenters. The van der Waals surface area contributed by atoms with E-state index in [1.807, 2.05) is 55.4 Å². The Morgan fingerprint density at radius 2 is 0.600 bits per heavy atom. The molecule has 0 aliphatic heterocycles. The first-order chi connectivity index (χ1) is 32.8. The van der Waals surface area contributed by atoms with Crippen LogP contribution in [0.2, 0.25) is 0 Å². The molecule has 0 rings (SSSR count). The highest BCUT2D eigenvalue weighted by molar-refractivity contribution is 5.98. The van der Waals surface area contributed by atoms with Gasteiger partial charge in [-0.05, 0) is 134 Å².